The number of carbonyl (C=O) groups excluding carboxylic acids is 1. The Kier molecular flexibility index (Phi) is 7.26. The highest BCUT2D eigenvalue weighted by Gasteiger charge is 2.19. The fraction of sp³-hybridized carbons (Fsp3) is 0.500. The number of nitrogens with one attached hydrogen (secondary N) is 1. The van der Waals surface area contributed by atoms with E-state index in [2.05, 4.69) is 15.5 Å². The number of hydrogen-bond acceptors (Lipinski definition) is 6. The summed E-state index contributed by atoms with van der Waals surface area (Å²) in [5.74, 6) is 1.03. The second-order valence-electron chi connectivity index (χ2n) is 6.43. The van der Waals surface area contributed by atoms with E-state index >= 15 is 0 Å². The monoisotopic (exact) mass is 429 g/mol. The van der Waals surface area contributed by atoms with Crippen LogP contribution in [-0.4, -0.2) is 27.9 Å². The first-order chi connectivity index (χ1) is 13.0. The molecule has 1 heterocycles. The average molecular weight is 430 g/mol. The van der Waals surface area contributed by atoms with Crippen LogP contribution in [0.3, 0.4) is 0 Å². The topological polar surface area (TPSA) is 77.2 Å². The van der Waals surface area contributed by atoms with E-state index in [1.54, 1.807) is 25.1 Å². The summed E-state index contributed by atoms with van der Waals surface area (Å²) in [4.78, 5) is 12.1. The molecule has 3 rings (SSSR count). The molecule has 1 aromatic carbocycles. The third-order valence-corrected chi connectivity index (χ3v) is 5.61. The fourth-order valence-corrected chi connectivity index (χ4v) is 3.93. The second-order valence-corrected chi connectivity index (χ2v) is 8.20. The summed E-state index contributed by atoms with van der Waals surface area (Å²) in [6.45, 7) is 1.78. The van der Waals surface area contributed by atoms with Gasteiger partial charge >= 0.3 is 0 Å². The van der Waals surface area contributed by atoms with Gasteiger partial charge in [0.05, 0.1) is 10.8 Å². The van der Waals surface area contributed by atoms with Crippen molar-refractivity contribution < 1.29 is 13.9 Å². The Morgan fingerprint density at radius 3 is 2.85 bits per heavy atom. The molecule has 1 fully saturated rings. The van der Waals surface area contributed by atoms with E-state index in [1.165, 1.54) is 31.0 Å². The van der Waals surface area contributed by atoms with Gasteiger partial charge in [0.2, 0.25) is 5.91 Å². The highest BCUT2D eigenvalue weighted by Crippen LogP contribution is 2.31. The van der Waals surface area contributed by atoms with E-state index in [0.29, 0.717) is 33.0 Å². The molecule has 1 aliphatic carbocycles. The number of rotatable bonds is 7. The van der Waals surface area contributed by atoms with Gasteiger partial charge in [-0.2, -0.15) is 0 Å². The number of hydrogen-bond donors (Lipinski definition) is 1. The maximum absolute atomic E-state index is 12.1. The lowest BCUT2D eigenvalue weighted by Gasteiger charge is -2.22. The molecule has 9 heteroatoms. The Labute approximate surface area is 172 Å². The van der Waals surface area contributed by atoms with Crippen LogP contribution in [0.15, 0.2) is 27.8 Å². The third-order valence-electron chi connectivity index (χ3n) is 4.26. The molecule has 1 saturated carbocycles. The maximum atomic E-state index is 12.1. The van der Waals surface area contributed by atoms with Crippen molar-refractivity contribution in [2.75, 3.05) is 5.75 Å². The van der Waals surface area contributed by atoms with E-state index in [9.17, 15) is 4.79 Å². The minimum atomic E-state index is -0.485. The number of benzene rings is 1. The lowest BCUT2D eigenvalue weighted by molar-refractivity contribution is -0.119. The number of nitrogens with zero attached hydrogens (tertiary/aromatic N) is 2. The zero-order chi connectivity index (χ0) is 19.2. The molecule has 0 saturated heterocycles. The van der Waals surface area contributed by atoms with Gasteiger partial charge in [-0.25, -0.2) is 0 Å². The Bertz CT molecular complexity index is 781. The molecule has 6 nitrogen and oxygen atoms in total. The lowest BCUT2D eigenvalue weighted by atomic mass is 9.95. The van der Waals surface area contributed by atoms with Crippen LogP contribution in [0.2, 0.25) is 10.0 Å². The molecule has 1 N–H and O–H groups in total. The number of aromatic nitrogens is 2. The summed E-state index contributed by atoms with van der Waals surface area (Å²) in [5, 5.41) is 12.3. The fourth-order valence-electron chi connectivity index (χ4n) is 2.90. The number of carbonyl (C=O) groups is 1. The van der Waals surface area contributed by atoms with Crippen LogP contribution in [0.1, 0.15) is 51.0 Å². The minimum Gasteiger partial charge on any atom is -0.479 e. The van der Waals surface area contributed by atoms with E-state index in [4.69, 9.17) is 32.4 Å². The molecule has 1 atom stereocenters. The van der Waals surface area contributed by atoms with Crippen molar-refractivity contribution in [3.63, 3.8) is 0 Å². The highest BCUT2D eigenvalue weighted by molar-refractivity contribution is 7.99. The number of amides is 1. The molecule has 0 aliphatic heterocycles. The van der Waals surface area contributed by atoms with Crippen LogP contribution in [-0.2, 0) is 4.79 Å². The van der Waals surface area contributed by atoms with E-state index in [-0.39, 0.29) is 11.7 Å². The van der Waals surface area contributed by atoms with Crippen molar-refractivity contribution >= 4 is 40.9 Å². The van der Waals surface area contributed by atoms with Crippen molar-refractivity contribution in [1.29, 1.82) is 0 Å². The number of thioether (sulfide) groups is 1. The van der Waals surface area contributed by atoms with E-state index in [1.807, 2.05) is 0 Å². The van der Waals surface area contributed by atoms with Crippen molar-refractivity contribution in [3.8, 4) is 5.75 Å². The SMILES string of the molecule is C[C@@H](Oc1ccc(Cl)cc1Cl)c1nnc(SCC(=O)NC2CCCCC2)o1. The quantitative estimate of drug-likeness (QED) is 0.619. The standard InChI is InChI=1S/C18H21Cl2N3O3S/c1-11(25-15-8-7-12(19)9-14(15)20)17-22-23-18(26-17)27-10-16(24)21-13-5-3-2-4-6-13/h7-9,11,13H,2-6,10H2,1H3,(H,21,24)/t11-/m1/s1. The van der Waals surface area contributed by atoms with Crippen LogP contribution >= 0.6 is 35.0 Å². The summed E-state index contributed by atoms with van der Waals surface area (Å²) < 4.78 is 11.3. The number of ether oxygens (including phenoxy) is 1. The molecule has 0 unspecified atom stereocenters. The first-order valence-electron chi connectivity index (χ1n) is 8.88. The van der Waals surface area contributed by atoms with Crippen LogP contribution in [0.4, 0.5) is 0 Å². The molecule has 1 aliphatic rings. The van der Waals surface area contributed by atoms with Gasteiger partial charge < -0.3 is 14.5 Å². The first kappa shape index (κ1) is 20.3. The molecular formula is C18H21Cl2N3O3S. The van der Waals surface area contributed by atoms with Crippen molar-refractivity contribution in [1.82, 2.24) is 15.5 Å². The predicted octanol–water partition coefficient (Wildman–Crippen LogP) is 5.06. The smallest absolute Gasteiger partial charge is 0.277 e. The van der Waals surface area contributed by atoms with Crippen LogP contribution in [0, 0.1) is 0 Å². The average Bonchev–Trinajstić information content (AvgIpc) is 3.12. The van der Waals surface area contributed by atoms with Crippen molar-refractivity contribution in [2.45, 2.75) is 56.4 Å². The summed E-state index contributed by atoms with van der Waals surface area (Å²) in [6.07, 6.45) is 5.25. The molecule has 1 aromatic heterocycles. The summed E-state index contributed by atoms with van der Waals surface area (Å²) in [7, 11) is 0. The Morgan fingerprint density at radius 2 is 2.11 bits per heavy atom. The molecular weight excluding hydrogens is 409 g/mol. The van der Waals surface area contributed by atoms with Gasteiger partial charge in [-0.1, -0.05) is 54.2 Å². The van der Waals surface area contributed by atoms with E-state index < -0.39 is 6.10 Å². The normalized spacial score (nSPS) is 16.1. The van der Waals surface area contributed by atoms with Crippen LogP contribution in [0.5, 0.6) is 5.75 Å². The van der Waals surface area contributed by atoms with Gasteiger partial charge in [-0.3, -0.25) is 4.79 Å². The molecule has 27 heavy (non-hydrogen) atoms. The zero-order valence-electron chi connectivity index (χ0n) is 14.9. The minimum absolute atomic E-state index is 0.0103. The first-order valence-corrected chi connectivity index (χ1v) is 10.6. The van der Waals surface area contributed by atoms with Gasteiger partial charge in [0.15, 0.2) is 6.10 Å². The van der Waals surface area contributed by atoms with Crippen LogP contribution in [0.25, 0.3) is 0 Å². The second kappa shape index (κ2) is 9.66. The molecule has 0 spiro atoms. The Balaban J connectivity index is 1.49. The van der Waals surface area contributed by atoms with Gasteiger partial charge in [-0.05, 0) is 38.0 Å². The van der Waals surface area contributed by atoms with Gasteiger partial charge in [0, 0.05) is 11.1 Å². The third kappa shape index (κ3) is 6.02. The summed E-state index contributed by atoms with van der Waals surface area (Å²) in [6, 6.07) is 5.27. The lowest BCUT2D eigenvalue weighted by Crippen LogP contribution is -2.37. The largest absolute Gasteiger partial charge is 0.479 e. The summed E-state index contributed by atoms with van der Waals surface area (Å²) in [5.41, 5.74) is 0. The Hall–Kier alpha value is -1.44. The molecule has 0 bridgehead atoms. The van der Waals surface area contributed by atoms with Gasteiger partial charge in [0.1, 0.15) is 5.75 Å². The number of halogens is 2. The van der Waals surface area contributed by atoms with Crippen LogP contribution < -0.4 is 10.1 Å². The Morgan fingerprint density at radius 1 is 1.33 bits per heavy atom. The highest BCUT2D eigenvalue weighted by atomic mass is 35.5. The van der Waals surface area contributed by atoms with Crippen molar-refractivity contribution in [3.05, 3.63) is 34.1 Å². The molecule has 1 amide bonds. The van der Waals surface area contributed by atoms with Crippen molar-refractivity contribution in [2.24, 2.45) is 0 Å². The predicted molar refractivity (Wildman–Crippen MR) is 106 cm³/mol. The maximum Gasteiger partial charge on any atom is 0.277 e. The summed E-state index contributed by atoms with van der Waals surface area (Å²) >= 11 is 13.2. The molecule has 0 radical (unpaired) electrons. The zero-order valence-corrected chi connectivity index (χ0v) is 17.2. The molecule has 146 valence electrons. The van der Waals surface area contributed by atoms with E-state index in [0.717, 1.165) is 12.8 Å². The van der Waals surface area contributed by atoms with Gasteiger partial charge in [0.25, 0.3) is 11.1 Å². The molecule has 2 aromatic rings. The van der Waals surface area contributed by atoms with Gasteiger partial charge in [-0.15, -0.1) is 10.2 Å².